The number of allylic oxidation sites excluding steroid dienone is 2. The zero-order chi connectivity index (χ0) is 23.0. The van der Waals surface area contributed by atoms with Crippen molar-refractivity contribution >= 4 is 18.0 Å². The van der Waals surface area contributed by atoms with E-state index in [2.05, 4.69) is 10.1 Å². The molecule has 2 N–H and O–H groups in total. The molecule has 0 spiro atoms. The van der Waals surface area contributed by atoms with Crippen LogP contribution in [0, 0.1) is 0 Å². The summed E-state index contributed by atoms with van der Waals surface area (Å²) in [5, 5.41) is 11.5. The molecule has 0 aliphatic rings. The molecule has 164 valence electrons. The number of ether oxygens (including phenoxy) is 1. The van der Waals surface area contributed by atoms with Gasteiger partial charge >= 0.3 is 12.3 Å². The number of rotatable bonds is 8. The molecule has 2 aromatic rings. The number of amides is 1. The molecule has 0 bridgehead atoms. The number of carboxylic acid groups (broad SMARTS) is 1. The van der Waals surface area contributed by atoms with Gasteiger partial charge in [0.1, 0.15) is 5.75 Å². The number of nitrogens with one attached hydrogen (secondary N) is 1. The second-order valence-electron chi connectivity index (χ2n) is 7.00. The molecule has 0 atom stereocenters. The van der Waals surface area contributed by atoms with Crippen LogP contribution in [0.4, 0.5) is 13.2 Å². The molecule has 0 unspecified atom stereocenters. The zero-order valence-corrected chi connectivity index (χ0v) is 17.0. The number of halogens is 3. The Morgan fingerprint density at radius 3 is 2.48 bits per heavy atom. The Hall–Kier alpha value is -3.55. The normalized spacial score (nSPS) is 11.3. The van der Waals surface area contributed by atoms with E-state index in [0.717, 1.165) is 17.2 Å². The van der Waals surface area contributed by atoms with Gasteiger partial charge in [0.25, 0.3) is 5.91 Å². The second kappa shape index (κ2) is 10.5. The summed E-state index contributed by atoms with van der Waals surface area (Å²) in [7, 11) is 0. The van der Waals surface area contributed by atoms with Crippen LogP contribution >= 0.6 is 0 Å². The highest BCUT2D eigenvalue weighted by molar-refractivity contribution is 5.95. The SMILES string of the molecule is CC(C)=CCc1cc(/C=C/C(=O)O)cc(C(=O)NCc2cccc(OC(F)(F)F)c2)c1. The van der Waals surface area contributed by atoms with Gasteiger partial charge in [0.2, 0.25) is 0 Å². The summed E-state index contributed by atoms with van der Waals surface area (Å²) < 4.78 is 41.0. The van der Waals surface area contributed by atoms with Crippen LogP contribution in [-0.2, 0) is 17.8 Å². The van der Waals surface area contributed by atoms with Crippen molar-refractivity contribution in [2.24, 2.45) is 0 Å². The first-order chi connectivity index (χ1) is 14.5. The van der Waals surface area contributed by atoms with Gasteiger partial charge in [-0.25, -0.2) is 4.79 Å². The van der Waals surface area contributed by atoms with E-state index >= 15 is 0 Å². The average Bonchev–Trinajstić information content (AvgIpc) is 2.67. The summed E-state index contributed by atoms with van der Waals surface area (Å²) in [6, 6.07) is 10.4. The highest BCUT2D eigenvalue weighted by Crippen LogP contribution is 2.23. The Morgan fingerprint density at radius 1 is 1.10 bits per heavy atom. The first kappa shape index (κ1) is 23.7. The van der Waals surface area contributed by atoms with E-state index in [0.29, 0.717) is 23.1 Å². The van der Waals surface area contributed by atoms with E-state index < -0.39 is 18.2 Å². The molecule has 0 aliphatic heterocycles. The predicted molar refractivity (Wildman–Crippen MR) is 111 cm³/mol. The fourth-order valence-electron chi connectivity index (χ4n) is 2.69. The highest BCUT2D eigenvalue weighted by atomic mass is 19.4. The van der Waals surface area contributed by atoms with Gasteiger partial charge in [0.05, 0.1) is 0 Å². The maximum atomic E-state index is 12.6. The van der Waals surface area contributed by atoms with Crippen LogP contribution in [0.25, 0.3) is 6.08 Å². The highest BCUT2D eigenvalue weighted by Gasteiger charge is 2.31. The fourth-order valence-corrected chi connectivity index (χ4v) is 2.69. The third-order valence-electron chi connectivity index (χ3n) is 4.03. The summed E-state index contributed by atoms with van der Waals surface area (Å²) in [5.74, 6) is -1.92. The lowest BCUT2D eigenvalue weighted by Crippen LogP contribution is -2.23. The smallest absolute Gasteiger partial charge is 0.478 e. The molecule has 0 heterocycles. The molecule has 31 heavy (non-hydrogen) atoms. The largest absolute Gasteiger partial charge is 0.573 e. The van der Waals surface area contributed by atoms with Crippen LogP contribution in [0.15, 0.2) is 60.2 Å². The molecule has 1 amide bonds. The Bertz CT molecular complexity index is 1010. The molecular weight excluding hydrogens is 411 g/mol. The molecule has 2 aromatic carbocycles. The number of hydrogen-bond acceptors (Lipinski definition) is 3. The van der Waals surface area contributed by atoms with Gasteiger partial charge in [-0.05, 0) is 67.3 Å². The van der Waals surface area contributed by atoms with Crippen molar-refractivity contribution < 1.29 is 32.6 Å². The maximum Gasteiger partial charge on any atom is 0.573 e. The minimum absolute atomic E-state index is 0.00755. The quantitative estimate of drug-likeness (QED) is 0.448. The standard InChI is InChI=1S/C23H22F3NO4/c1-15(2)6-7-16-10-17(8-9-21(28)29)12-19(11-16)22(30)27-14-18-4-3-5-20(13-18)31-23(24,25)26/h3-6,8-13H,7,14H2,1-2H3,(H,27,30)(H,28,29)/b9-8+. The Labute approximate surface area is 177 Å². The van der Waals surface area contributed by atoms with Crippen molar-refractivity contribution in [3.05, 3.63) is 82.4 Å². The van der Waals surface area contributed by atoms with Crippen LogP contribution in [0.5, 0.6) is 5.75 Å². The molecule has 0 aliphatic carbocycles. The van der Waals surface area contributed by atoms with Gasteiger partial charge < -0.3 is 15.2 Å². The van der Waals surface area contributed by atoms with Crippen LogP contribution in [-0.4, -0.2) is 23.3 Å². The number of carbonyl (C=O) groups excluding carboxylic acids is 1. The van der Waals surface area contributed by atoms with Crippen LogP contribution in [0.3, 0.4) is 0 Å². The third kappa shape index (κ3) is 8.77. The van der Waals surface area contributed by atoms with Gasteiger partial charge in [-0.15, -0.1) is 13.2 Å². The van der Waals surface area contributed by atoms with Crippen LogP contribution < -0.4 is 10.1 Å². The zero-order valence-electron chi connectivity index (χ0n) is 17.0. The van der Waals surface area contributed by atoms with Crippen LogP contribution in [0.1, 0.15) is 40.9 Å². The fraction of sp³-hybridized carbons (Fsp3) is 0.217. The van der Waals surface area contributed by atoms with Crippen molar-refractivity contribution in [1.29, 1.82) is 0 Å². The van der Waals surface area contributed by atoms with Crippen LogP contribution in [0.2, 0.25) is 0 Å². The summed E-state index contributed by atoms with van der Waals surface area (Å²) >= 11 is 0. The Morgan fingerprint density at radius 2 is 1.84 bits per heavy atom. The van der Waals surface area contributed by atoms with Crippen molar-refractivity contribution in [3.63, 3.8) is 0 Å². The molecule has 0 aromatic heterocycles. The van der Waals surface area contributed by atoms with Crippen molar-refractivity contribution in [1.82, 2.24) is 5.32 Å². The summed E-state index contributed by atoms with van der Waals surface area (Å²) in [6.07, 6.45) is 0.118. The van der Waals surface area contributed by atoms with Gasteiger partial charge in [-0.1, -0.05) is 29.8 Å². The number of aliphatic carboxylic acids is 1. The number of carbonyl (C=O) groups is 2. The molecule has 0 saturated heterocycles. The van der Waals surface area contributed by atoms with E-state index in [4.69, 9.17) is 5.11 Å². The molecular formula is C23H22F3NO4. The van der Waals surface area contributed by atoms with Crippen molar-refractivity contribution in [2.75, 3.05) is 0 Å². The first-order valence-electron chi connectivity index (χ1n) is 9.33. The molecule has 8 heteroatoms. The Balaban J connectivity index is 2.18. The number of benzene rings is 2. The van der Waals surface area contributed by atoms with E-state index in [1.807, 2.05) is 19.9 Å². The van der Waals surface area contributed by atoms with Crippen molar-refractivity contribution in [2.45, 2.75) is 33.2 Å². The predicted octanol–water partition coefficient (Wildman–Crippen LogP) is 5.12. The maximum absolute atomic E-state index is 12.6. The summed E-state index contributed by atoms with van der Waals surface area (Å²) in [5.41, 5.74) is 3.21. The number of hydrogen-bond donors (Lipinski definition) is 2. The van der Waals surface area contributed by atoms with Gasteiger partial charge in [-0.2, -0.15) is 0 Å². The van der Waals surface area contributed by atoms with Crippen molar-refractivity contribution in [3.8, 4) is 5.75 Å². The minimum Gasteiger partial charge on any atom is -0.478 e. The Kier molecular flexibility index (Phi) is 8.01. The molecule has 0 radical (unpaired) electrons. The minimum atomic E-state index is -4.80. The third-order valence-corrected chi connectivity index (χ3v) is 4.03. The lowest BCUT2D eigenvalue weighted by atomic mass is 10.0. The van der Waals surface area contributed by atoms with E-state index in [1.165, 1.54) is 24.3 Å². The molecule has 0 fully saturated rings. The van der Waals surface area contributed by atoms with E-state index in [9.17, 15) is 22.8 Å². The molecule has 0 saturated carbocycles. The molecule has 2 rings (SSSR count). The first-order valence-corrected chi connectivity index (χ1v) is 9.33. The lowest BCUT2D eigenvalue weighted by Gasteiger charge is -2.11. The number of alkyl halides is 3. The summed E-state index contributed by atoms with van der Waals surface area (Å²) in [4.78, 5) is 23.4. The molecule has 5 nitrogen and oxygen atoms in total. The summed E-state index contributed by atoms with van der Waals surface area (Å²) in [6.45, 7) is 3.88. The van der Waals surface area contributed by atoms with Gasteiger partial charge in [-0.3, -0.25) is 4.79 Å². The monoisotopic (exact) mass is 433 g/mol. The van der Waals surface area contributed by atoms with E-state index in [1.54, 1.807) is 24.3 Å². The lowest BCUT2D eigenvalue weighted by molar-refractivity contribution is -0.274. The van der Waals surface area contributed by atoms with E-state index in [-0.39, 0.29) is 12.3 Å². The number of carboxylic acids is 1. The average molecular weight is 433 g/mol. The van der Waals surface area contributed by atoms with Gasteiger partial charge in [0.15, 0.2) is 0 Å². The topological polar surface area (TPSA) is 75.6 Å². The van der Waals surface area contributed by atoms with Gasteiger partial charge in [0, 0.05) is 18.2 Å². The second-order valence-corrected chi connectivity index (χ2v) is 7.00.